The lowest BCUT2D eigenvalue weighted by Crippen LogP contribution is -2.39. The minimum Gasteiger partial charge on any atom is -0.462 e. The predicted octanol–water partition coefficient (Wildman–Crippen LogP) is 1.32. The number of fused-ring (bicyclic) bond motifs is 1. The van der Waals surface area contributed by atoms with Crippen LogP contribution in [0.1, 0.15) is 22.8 Å². The van der Waals surface area contributed by atoms with Crippen molar-refractivity contribution in [2.24, 2.45) is 14.1 Å². The first-order chi connectivity index (χ1) is 12.3. The van der Waals surface area contributed by atoms with E-state index in [1.54, 1.807) is 49.9 Å². The number of carbonyl (C=O) groups excluding carboxylic acids is 1. The van der Waals surface area contributed by atoms with Crippen molar-refractivity contribution >= 4 is 29.4 Å². The van der Waals surface area contributed by atoms with Crippen LogP contribution in [0.3, 0.4) is 0 Å². The van der Waals surface area contributed by atoms with Crippen molar-refractivity contribution in [3.63, 3.8) is 0 Å². The molecular weight excluding hydrogens is 356 g/mol. The van der Waals surface area contributed by atoms with Gasteiger partial charge in [-0.2, -0.15) is 0 Å². The summed E-state index contributed by atoms with van der Waals surface area (Å²) in [5.41, 5.74) is 0.982. The minimum absolute atomic E-state index is 0.0858. The SMILES string of the molecule is CCOC(=O)c1ccc(Cn2c(=O)c3c([nH]c(=S)n3C)n(C)c2=O)cc1. The Labute approximate surface area is 153 Å². The third kappa shape index (κ3) is 2.90. The summed E-state index contributed by atoms with van der Waals surface area (Å²) in [7, 11) is 3.25. The van der Waals surface area contributed by atoms with Crippen LogP contribution >= 0.6 is 12.2 Å². The number of aryl methyl sites for hydroxylation is 2. The van der Waals surface area contributed by atoms with Crippen LogP contribution in [0, 0.1) is 4.77 Å². The summed E-state index contributed by atoms with van der Waals surface area (Å²) in [6.07, 6.45) is 0. The highest BCUT2D eigenvalue weighted by Gasteiger charge is 2.15. The van der Waals surface area contributed by atoms with E-state index in [1.807, 2.05) is 0 Å². The maximum absolute atomic E-state index is 12.8. The fourth-order valence-corrected chi connectivity index (χ4v) is 2.95. The van der Waals surface area contributed by atoms with Crippen molar-refractivity contribution in [3.05, 3.63) is 61.0 Å². The summed E-state index contributed by atoms with van der Waals surface area (Å²) in [6, 6.07) is 6.61. The molecule has 3 rings (SSSR count). The van der Waals surface area contributed by atoms with Crippen molar-refractivity contribution in [2.75, 3.05) is 6.61 Å². The number of H-pyrrole nitrogens is 1. The van der Waals surface area contributed by atoms with Gasteiger partial charge in [-0.3, -0.25) is 13.9 Å². The first-order valence-corrected chi connectivity index (χ1v) is 8.40. The summed E-state index contributed by atoms with van der Waals surface area (Å²) in [5.74, 6) is -0.411. The van der Waals surface area contributed by atoms with Crippen LogP contribution in [-0.4, -0.2) is 31.3 Å². The van der Waals surface area contributed by atoms with Gasteiger partial charge in [-0.05, 0) is 36.8 Å². The predicted molar refractivity (Wildman–Crippen MR) is 99.1 cm³/mol. The number of nitrogens with zero attached hydrogens (tertiary/aromatic N) is 3. The van der Waals surface area contributed by atoms with Gasteiger partial charge in [0.1, 0.15) is 5.65 Å². The fourth-order valence-electron chi connectivity index (χ4n) is 2.77. The Bertz CT molecular complexity index is 1160. The highest BCUT2D eigenvalue weighted by Crippen LogP contribution is 2.09. The van der Waals surface area contributed by atoms with E-state index in [0.717, 1.165) is 4.57 Å². The molecule has 0 bridgehead atoms. The van der Waals surface area contributed by atoms with Gasteiger partial charge < -0.3 is 14.3 Å². The molecule has 1 aromatic carbocycles. The first kappa shape index (κ1) is 17.9. The maximum Gasteiger partial charge on any atom is 0.338 e. The summed E-state index contributed by atoms with van der Waals surface area (Å²) in [5, 5.41) is 0. The van der Waals surface area contributed by atoms with Gasteiger partial charge >= 0.3 is 11.7 Å². The van der Waals surface area contributed by atoms with Crippen molar-refractivity contribution in [3.8, 4) is 0 Å². The number of rotatable bonds is 4. The Morgan fingerprint density at radius 1 is 1.15 bits per heavy atom. The van der Waals surface area contributed by atoms with E-state index in [9.17, 15) is 14.4 Å². The molecule has 2 aromatic heterocycles. The lowest BCUT2D eigenvalue weighted by Gasteiger charge is -2.09. The molecule has 0 atom stereocenters. The van der Waals surface area contributed by atoms with Gasteiger partial charge in [0.2, 0.25) is 0 Å². The summed E-state index contributed by atoms with van der Waals surface area (Å²) in [6.45, 7) is 2.12. The molecule has 0 aliphatic rings. The van der Waals surface area contributed by atoms with E-state index in [1.165, 1.54) is 4.57 Å². The lowest BCUT2D eigenvalue weighted by atomic mass is 10.1. The first-order valence-electron chi connectivity index (χ1n) is 7.99. The van der Waals surface area contributed by atoms with Gasteiger partial charge in [-0.25, -0.2) is 9.59 Å². The van der Waals surface area contributed by atoms with E-state index in [4.69, 9.17) is 17.0 Å². The molecule has 3 aromatic rings. The molecule has 1 N–H and O–H groups in total. The van der Waals surface area contributed by atoms with Crippen LogP contribution in [0.4, 0.5) is 0 Å². The molecule has 9 heteroatoms. The standard InChI is InChI=1S/C17H18N4O4S/c1-4-25-15(23)11-7-5-10(6-8-11)9-21-14(22)12-13(20(3)17(21)24)18-16(26)19(12)2/h5-8H,4,9H2,1-3H3,(H,18,26). The highest BCUT2D eigenvalue weighted by atomic mass is 32.1. The second-order valence-corrected chi connectivity index (χ2v) is 6.22. The van der Waals surface area contributed by atoms with Crippen molar-refractivity contribution < 1.29 is 9.53 Å². The number of imidazole rings is 1. The molecule has 0 radical (unpaired) electrons. The van der Waals surface area contributed by atoms with E-state index >= 15 is 0 Å². The van der Waals surface area contributed by atoms with Crippen molar-refractivity contribution in [2.45, 2.75) is 13.5 Å². The number of benzene rings is 1. The quantitative estimate of drug-likeness (QED) is 0.549. The Kier molecular flexibility index (Phi) is 4.64. The van der Waals surface area contributed by atoms with E-state index in [-0.39, 0.29) is 6.54 Å². The zero-order chi connectivity index (χ0) is 19.0. The van der Waals surface area contributed by atoms with E-state index in [2.05, 4.69) is 4.98 Å². The summed E-state index contributed by atoms with van der Waals surface area (Å²) in [4.78, 5) is 39.9. The molecule has 2 heterocycles. The lowest BCUT2D eigenvalue weighted by molar-refractivity contribution is 0.0526. The second-order valence-electron chi connectivity index (χ2n) is 5.84. The van der Waals surface area contributed by atoms with Crippen molar-refractivity contribution in [1.82, 2.24) is 18.7 Å². The second kappa shape index (κ2) is 6.75. The molecular formula is C17H18N4O4S. The number of hydrogen-bond donors (Lipinski definition) is 1. The number of aromatic amines is 1. The third-order valence-electron chi connectivity index (χ3n) is 4.20. The zero-order valence-electron chi connectivity index (χ0n) is 14.6. The van der Waals surface area contributed by atoms with Crippen LogP contribution in [0.15, 0.2) is 33.9 Å². The smallest absolute Gasteiger partial charge is 0.338 e. The Morgan fingerprint density at radius 3 is 2.42 bits per heavy atom. The molecule has 0 spiro atoms. The normalized spacial score (nSPS) is 11.0. The molecule has 0 saturated carbocycles. The minimum atomic E-state index is -0.450. The monoisotopic (exact) mass is 374 g/mol. The highest BCUT2D eigenvalue weighted by molar-refractivity contribution is 7.71. The molecule has 0 aliphatic heterocycles. The van der Waals surface area contributed by atoms with E-state index < -0.39 is 17.2 Å². The van der Waals surface area contributed by atoms with Gasteiger partial charge in [-0.1, -0.05) is 12.1 Å². The Morgan fingerprint density at radius 2 is 1.81 bits per heavy atom. The van der Waals surface area contributed by atoms with Gasteiger partial charge in [-0.15, -0.1) is 0 Å². The van der Waals surface area contributed by atoms with Gasteiger partial charge in [0.25, 0.3) is 5.56 Å². The third-order valence-corrected chi connectivity index (χ3v) is 4.57. The zero-order valence-corrected chi connectivity index (χ0v) is 15.4. The number of ether oxygens (including phenoxy) is 1. The van der Waals surface area contributed by atoms with Crippen LogP contribution in [0.2, 0.25) is 0 Å². The van der Waals surface area contributed by atoms with Crippen LogP contribution in [-0.2, 0) is 25.4 Å². The molecule has 0 amide bonds. The van der Waals surface area contributed by atoms with Crippen molar-refractivity contribution in [1.29, 1.82) is 0 Å². The molecule has 136 valence electrons. The topological polar surface area (TPSA) is 91.0 Å². The molecule has 0 fully saturated rings. The summed E-state index contributed by atoms with van der Waals surface area (Å²) < 4.78 is 9.36. The molecule has 0 unspecified atom stereocenters. The molecule has 26 heavy (non-hydrogen) atoms. The van der Waals surface area contributed by atoms with Crippen LogP contribution in [0.25, 0.3) is 11.2 Å². The molecule has 8 nitrogen and oxygen atoms in total. The number of carbonyl (C=O) groups is 1. The fraction of sp³-hybridized carbons (Fsp3) is 0.294. The summed E-state index contributed by atoms with van der Waals surface area (Å²) >= 11 is 5.15. The average molecular weight is 374 g/mol. The largest absolute Gasteiger partial charge is 0.462 e. The number of hydrogen-bond acceptors (Lipinski definition) is 5. The van der Waals surface area contributed by atoms with Gasteiger partial charge in [0.05, 0.1) is 18.7 Å². The van der Waals surface area contributed by atoms with Crippen LogP contribution < -0.4 is 11.2 Å². The maximum atomic E-state index is 12.8. The van der Waals surface area contributed by atoms with Crippen LogP contribution in [0.5, 0.6) is 0 Å². The Hall–Kier alpha value is -2.94. The average Bonchev–Trinajstić information content (AvgIpc) is 2.93. The molecule has 0 saturated heterocycles. The molecule has 0 aliphatic carbocycles. The number of aromatic nitrogens is 4. The number of nitrogens with one attached hydrogen (secondary N) is 1. The van der Waals surface area contributed by atoms with Gasteiger partial charge in [0, 0.05) is 14.1 Å². The Balaban J connectivity index is 2.06. The number of esters is 1. The van der Waals surface area contributed by atoms with Gasteiger partial charge in [0.15, 0.2) is 10.3 Å². The van der Waals surface area contributed by atoms with E-state index in [0.29, 0.717) is 33.7 Å².